The predicted octanol–water partition coefficient (Wildman–Crippen LogP) is 4.85. The van der Waals surface area contributed by atoms with Crippen molar-refractivity contribution in [2.45, 2.75) is 0 Å². The van der Waals surface area contributed by atoms with Crippen LogP contribution in [0.5, 0.6) is 17.2 Å². The van der Waals surface area contributed by atoms with Crippen molar-refractivity contribution in [2.75, 3.05) is 36.3 Å². The van der Waals surface area contributed by atoms with Crippen LogP contribution in [0.25, 0.3) is 10.9 Å². The Bertz CT molecular complexity index is 1370. The summed E-state index contributed by atoms with van der Waals surface area (Å²) in [6.07, 6.45) is 3.03. The van der Waals surface area contributed by atoms with E-state index in [4.69, 9.17) is 25.8 Å². The van der Waals surface area contributed by atoms with Crippen molar-refractivity contribution in [3.63, 3.8) is 0 Å². The highest BCUT2D eigenvalue weighted by molar-refractivity contribution is 6.34. The Balaban J connectivity index is 1.40. The molecule has 11 heteroatoms. The molecule has 0 radical (unpaired) electrons. The Morgan fingerprint density at radius 3 is 2.65 bits per heavy atom. The van der Waals surface area contributed by atoms with E-state index in [1.54, 1.807) is 55.8 Å². The molecule has 2 aromatic heterocycles. The number of amides is 2. The zero-order chi connectivity index (χ0) is 23.5. The molecule has 4 aromatic rings. The number of carbonyl (C=O) groups is 1. The van der Waals surface area contributed by atoms with Crippen molar-refractivity contribution in [1.29, 1.82) is 0 Å². The number of fused-ring (bicyclic) bond motifs is 3. The lowest BCUT2D eigenvalue weighted by atomic mass is 10.1. The molecule has 3 heterocycles. The smallest absolute Gasteiger partial charge is 0.324 e. The van der Waals surface area contributed by atoms with Gasteiger partial charge in [0.05, 0.1) is 28.7 Å². The lowest BCUT2D eigenvalue weighted by molar-refractivity contribution is 0.167. The molecule has 0 fully saturated rings. The molecule has 0 aliphatic carbocycles. The summed E-state index contributed by atoms with van der Waals surface area (Å²) >= 11 is 6.42. The second-order valence-electron chi connectivity index (χ2n) is 7.16. The van der Waals surface area contributed by atoms with Crippen LogP contribution in [0.15, 0.2) is 55.0 Å². The van der Waals surface area contributed by atoms with Gasteiger partial charge in [0.1, 0.15) is 31.2 Å². The van der Waals surface area contributed by atoms with Crippen LogP contribution < -0.4 is 30.2 Å². The molecule has 0 unspecified atom stereocenters. The number of benzene rings is 2. The fraction of sp³-hybridized carbons (Fsp3) is 0.130. The van der Waals surface area contributed by atoms with Gasteiger partial charge in [0.2, 0.25) is 5.75 Å². The average molecular weight is 479 g/mol. The van der Waals surface area contributed by atoms with E-state index >= 15 is 0 Å². The van der Waals surface area contributed by atoms with Crippen LogP contribution in [0.2, 0.25) is 5.02 Å². The summed E-state index contributed by atoms with van der Waals surface area (Å²) in [5.74, 6) is 2.50. The summed E-state index contributed by atoms with van der Waals surface area (Å²) in [6.45, 7) is 0.819. The first kappa shape index (κ1) is 21.5. The molecule has 2 aromatic carbocycles. The van der Waals surface area contributed by atoms with Gasteiger partial charge in [-0.05, 0) is 30.3 Å². The molecule has 34 heavy (non-hydrogen) atoms. The maximum atomic E-state index is 12.3. The number of aromatic nitrogens is 3. The van der Waals surface area contributed by atoms with E-state index in [0.29, 0.717) is 69.4 Å². The van der Waals surface area contributed by atoms with Crippen molar-refractivity contribution >= 4 is 51.5 Å². The molecule has 1 aliphatic heterocycles. The number of pyridine rings is 1. The van der Waals surface area contributed by atoms with E-state index < -0.39 is 6.03 Å². The molecule has 0 bridgehead atoms. The fourth-order valence-electron chi connectivity index (χ4n) is 3.49. The second kappa shape index (κ2) is 9.28. The maximum Gasteiger partial charge on any atom is 0.324 e. The number of halogens is 1. The molecule has 0 saturated carbocycles. The minimum absolute atomic E-state index is 0.336. The largest absolute Gasteiger partial charge is 0.493 e. The van der Waals surface area contributed by atoms with E-state index in [9.17, 15) is 4.79 Å². The number of ether oxygens (including phenoxy) is 3. The van der Waals surface area contributed by atoms with Crippen molar-refractivity contribution in [1.82, 2.24) is 15.0 Å². The first-order chi connectivity index (χ1) is 16.6. The monoisotopic (exact) mass is 478 g/mol. The molecule has 10 nitrogen and oxygen atoms in total. The van der Waals surface area contributed by atoms with Gasteiger partial charge in [-0.15, -0.1) is 0 Å². The third-order valence-corrected chi connectivity index (χ3v) is 5.30. The van der Waals surface area contributed by atoms with Gasteiger partial charge >= 0.3 is 6.03 Å². The van der Waals surface area contributed by atoms with Gasteiger partial charge < -0.3 is 24.8 Å². The molecule has 0 spiro atoms. The maximum absolute atomic E-state index is 12.3. The van der Waals surface area contributed by atoms with Crippen molar-refractivity contribution < 1.29 is 19.0 Å². The zero-order valence-electron chi connectivity index (χ0n) is 18.0. The number of nitrogens with one attached hydrogen (secondary N) is 3. The van der Waals surface area contributed by atoms with E-state index in [1.165, 1.54) is 6.33 Å². The summed E-state index contributed by atoms with van der Waals surface area (Å²) < 4.78 is 17.1. The zero-order valence-corrected chi connectivity index (χ0v) is 18.7. The standard InChI is InChI=1S/C23H19ClN6O4/c1-32-17-11-16-19(21-20(17)33-8-9-34-21)22(27-12-26-16)28-13-5-6-15(14(24)10-13)29-23(31)30-18-4-2-3-7-25-18/h2-7,10-12H,8-9H2,1H3,(H,26,27,28)(H2,25,29,30,31). The van der Waals surface area contributed by atoms with Crippen LogP contribution in [0, 0.1) is 0 Å². The minimum Gasteiger partial charge on any atom is -0.493 e. The Labute approximate surface area is 199 Å². The second-order valence-corrected chi connectivity index (χ2v) is 7.57. The van der Waals surface area contributed by atoms with Crippen molar-refractivity contribution in [2.24, 2.45) is 0 Å². The molecule has 0 saturated heterocycles. The molecule has 3 N–H and O–H groups in total. The number of urea groups is 1. The lowest BCUT2D eigenvalue weighted by Crippen LogP contribution is -2.20. The quantitative estimate of drug-likeness (QED) is 0.372. The van der Waals surface area contributed by atoms with E-state index in [2.05, 4.69) is 30.9 Å². The van der Waals surface area contributed by atoms with Gasteiger partial charge in [-0.1, -0.05) is 17.7 Å². The van der Waals surface area contributed by atoms with Crippen LogP contribution in [-0.2, 0) is 0 Å². The third-order valence-electron chi connectivity index (χ3n) is 4.98. The highest BCUT2D eigenvalue weighted by Crippen LogP contribution is 2.47. The Morgan fingerprint density at radius 2 is 1.88 bits per heavy atom. The topological polar surface area (TPSA) is 120 Å². The number of carbonyl (C=O) groups excluding carboxylic acids is 1. The number of anilines is 4. The normalized spacial score (nSPS) is 12.2. The van der Waals surface area contributed by atoms with Crippen molar-refractivity contribution in [3.8, 4) is 17.2 Å². The van der Waals surface area contributed by atoms with Gasteiger partial charge in [0.25, 0.3) is 0 Å². The first-order valence-corrected chi connectivity index (χ1v) is 10.7. The summed E-state index contributed by atoms with van der Waals surface area (Å²) in [6, 6.07) is 11.7. The predicted molar refractivity (Wildman–Crippen MR) is 129 cm³/mol. The first-order valence-electron chi connectivity index (χ1n) is 10.3. The van der Waals surface area contributed by atoms with Crippen LogP contribution in [0.4, 0.5) is 27.8 Å². The Hall–Kier alpha value is -4.31. The molecule has 2 amide bonds. The Kier molecular flexibility index (Phi) is 5.88. The molecule has 0 atom stereocenters. The lowest BCUT2D eigenvalue weighted by Gasteiger charge is -2.23. The summed E-state index contributed by atoms with van der Waals surface area (Å²) in [7, 11) is 1.56. The number of nitrogens with zero attached hydrogens (tertiary/aromatic N) is 3. The average Bonchev–Trinajstić information content (AvgIpc) is 2.86. The summed E-state index contributed by atoms with van der Waals surface area (Å²) in [5.41, 5.74) is 1.73. The third kappa shape index (κ3) is 4.30. The van der Waals surface area contributed by atoms with Crippen molar-refractivity contribution in [3.05, 3.63) is 60.0 Å². The van der Waals surface area contributed by atoms with Gasteiger partial charge in [-0.3, -0.25) is 5.32 Å². The SMILES string of the molecule is COc1cc2ncnc(Nc3ccc(NC(=O)Nc4ccccn4)c(Cl)c3)c2c2c1OCCO2. The van der Waals surface area contributed by atoms with Crippen LogP contribution in [0.1, 0.15) is 0 Å². The number of methoxy groups -OCH3 is 1. The number of hydrogen-bond donors (Lipinski definition) is 3. The highest BCUT2D eigenvalue weighted by atomic mass is 35.5. The number of hydrogen-bond acceptors (Lipinski definition) is 8. The molecular weight excluding hydrogens is 460 g/mol. The van der Waals surface area contributed by atoms with Crippen LogP contribution in [0.3, 0.4) is 0 Å². The Morgan fingerprint density at radius 1 is 1.03 bits per heavy atom. The fourth-order valence-corrected chi connectivity index (χ4v) is 3.72. The van der Waals surface area contributed by atoms with Gasteiger partial charge in [0.15, 0.2) is 11.5 Å². The van der Waals surface area contributed by atoms with Gasteiger partial charge in [0, 0.05) is 18.0 Å². The molecular formula is C23H19ClN6O4. The summed E-state index contributed by atoms with van der Waals surface area (Å²) in [4.78, 5) is 25.0. The van der Waals surface area contributed by atoms with Gasteiger partial charge in [-0.25, -0.2) is 19.7 Å². The molecule has 172 valence electrons. The number of rotatable bonds is 5. The molecule has 5 rings (SSSR count). The minimum atomic E-state index is -0.458. The van der Waals surface area contributed by atoms with Gasteiger partial charge in [-0.2, -0.15) is 0 Å². The van der Waals surface area contributed by atoms with E-state index in [-0.39, 0.29) is 0 Å². The van der Waals surface area contributed by atoms with E-state index in [1.807, 2.05) is 0 Å². The van der Waals surface area contributed by atoms with E-state index in [0.717, 1.165) is 0 Å². The summed E-state index contributed by atoms with van der Waals surface area (Å²) in [5, 5.41) is 9.59. The van der Waals surface area contributed by atoms with Crippen LogP contribution >= 0.6 is 11.6 Å². The molecule has 1 aliphatic rings. The highest BCUT2D eigenvalue weighted by Gasteiger charge is 2.24. The van der Waals surface area contributed by atoms with Crippen LogP contribution in [-0.4, -0.2) is 41.3 Å².